The van der Waals surface area contributed by atoms with Crippen LogP contribution in [0.3, 0.4) is 0 Å². The summed E-state index contributed by atoms with van der Waals surface area (Å²) in [6.45, 7) is 0. The van der Waals surface area contributed by atoms with Gasteiger partial charge in [-0.1, -0.05) is 12.1 Å². The van der Waals surface area contributed by atoms with Crippen LogP contribution < -0.4 is 5.32 Å². The summed E-state index contributed by atoms with van der Waals surface area (Å²) in [5.41, 5.74) is 0.658. The molecule has 0 spiro atoms. The van der Waals surface area contributed by atoms with Crippen molar-refractivity contribution in [1.82, 2.24) is 15.1 Å². The minimum Gasteiger partial charge on any atom is -0.349 e. The first-order chi connectivity index (χ1) is 11.9. The summed E-state index contributed by atoms with van der Waals surface area (Å²) in [6.07, 6.45) is 4.36. The average molecular weight is 364 g/mol. The van der Waals surface area contributed by atoms with Crippen molar-refractivity contribution < 1.29 is 9.59 Å². The van der Waals surface area contributed by atoms with Crippen molar-refractivity contribution in [3.8, 4) is 0 Å². The number of rotatable bonds is 6. The fourth-order valence-corrected chi connectivity index (χ4v) is 4.10. The van der Waals surface area contributed by atoms with E-state index in [1.807, 2.05) is 24.3 Å². The maximum absolute atomic E-state index is 12.8. The molecule has 0 radical (unpaired) electrons. The Balaban J connectivity index is 2.00. The molecule has 1 aliphatic rings. The number of benzene rings is 1. The maximum Gasteiger partial charge on any atom is 0.252 e. The van der Waals surface area contributed by atoms with Crippen LogP contribution in [0.25, 0.3) is 0 Å². The molecule has 1 aromatic carbocycles. The molecule has 0 heterocycles. The molecule has 2 rings (SSSR count). The van der Waals surface area contributed by atoms with Crippen molar-refractivity contribution in [3.05, 3.63) is 29.8 Å². The predicted molar refractivity (Wildman–Crippen MR) is 103 cm³/mol. The largest absolute Gasteiger partial charge is 0.349 e. The lowest BCUT2D eigenvalue weighted by Gasteiger charge is -2.33. The van der Waals surface area contributed by atoms with Crippen molar-refractivity contribution in [2.24, 2.45) is 0 Å². The number of nitrogens with zero attached hydrogens (tertiary/aromatic N) is 2. The third kappa shape index (κ3) is 5.75. The summed E-state index contributed by atoms with van der Waals surface area (Å²) in [4.78, 5) is 29.2. The topological polar surface area (TPSA) is 52.7 Å². The van der Waals surface area contributed by atoms with Crippen LogP contribution in [0.2, 0.25) is 0 Å². The Kier molecular flexibility index (Phi) is 7.32. The second kappa shape index (κ2) is 9.25. The molecule has 1 aromatic rings. The van der Waals surface area contributed by atoms with E-state index in [9.17, 15) is 9.59 Å². The second-order valence-corrected chi connectivity index (χ2v) is 8.04. The zero-order valence-electron chi connectivity index (χ0n) is 15.6. The van der Waals surface area contributed by atoms with Crippen molar-refractivity contribution in [2.75, 3.05) is 33.9 Å². The fraction of sp³-hybridized carbons (Fsp3) is 0.579. The fourth-order valence-electron chi connectivity index (χ4n) is 3.08. The normalized spacial score (nSPS) is 20.4. The monoisotopic (exact) mass is 363 g/mol. The molecule has 0 saturated heterocycles. The summed E-state index contributed by atoms with van der Waals surface area (Å²) in [7, 11) is 7.68. The Morgan fingerprint density at radius 2 is 1.88 bits per heavy atom. The number of thioether (sulfide) groups is 1. The van der Waals surface area contributed by atoms with Crippen LogP contribution in [0.4, 0.5) is 0 Å². The molecule has 25 heavy (non-hydrogen) atoms. The van der Waals surface area contributed by atoms with Crippen LogP contribution in [0.15, 0.2) is 29.2 Å². The predicted octanol–water partition coefficient (Wildman–Crippen LogP) is 2.47. The van der Waals surface area contributed by atoms with E-state index in [4.69, 9.17) is 0 Å². The summed E-state index contributed by atoms with van der Waals surface area (Å²) < 4.78 is 0. The molecule has 138 valence electrons. The Labute approximate surface area is 155 Å². The molecule has 1 fully saturated rings. The van der Waals surface area contributed by atoms with E-state index in [1.165, 1.54) is 18.2 Å². The Bertz CT molecular complexity index is 604. The van der Waals surface area contributed by atoms with Gasteiger partial charge in [0.25, 0.3) is 5.91 Å². The van der Waals surface area contributed by atoms with E-state index >= 15 is 0 Å². The van der Waals surface area contributed by atoms with E-state index in [0.717, 1.165) is 24.2 Å². The van der Waals surface area contributed by atoms with Crippen LogP contribution in [0.1, 0.15) is 36.0 Å². The first kappa shape index (κ1) is 19.8. The summed E-state index contributed by atoms with van der Waals surface area (Å²) >= 11 is 1.42. The lowest BCUT2D eigenvalue weighted by atomic mass is 9.90. The van der Waals surface area contributed by atoms with Crippen molar-refractivity contribution >= 4 is 23.6 Å². The SMILES string of the molecule is CN(C)C(=O)CSc1ccccc1C(=O)N[C@H]1CCC[C@@H](N(C)C)C1. The number of carbonyl (C=O) groups is 2. The van der Waals surface area contributed by atoms with Gasteiger partial charge >= 0.3 is 0 Å². The Hall–Kier alpha value is -1.53. The molecule has 1 saturated carbocycles. The summed E-state index contributed by atoms with van der Waals surface area (Å²) in [5.74, 6) is 0.342. The van der Waals surface area contributed by atoms with Gasteiger partial charge in [0.05, 0.1) is 11.3 Å². The van der Waals surface area contributed by atoms with E-state index < -0.39 is 0 Å². The second-order valence-electron chi connectivity index (χ2n) is 7.03. The van der Waals surface area contributed by atoms with Crippen LogP contribution in [0.5, 0.6) is 0 Å². The lowest BCUT2D eigenvalue weighted by Crippen LogP contribution is -2.43. The first-order valence-corrected chi connectivity index (χ1v) is 9.76. The van der Waals surface area contributed by atoms with Gasteiger partial charge in [-0.2, -0.15) is 0 Å². The highest BCUT2D eigenvalue weighted by Gasteiger charge is 2.25. The maximum atomic E-state index is 12.8. The molecule has 2 atom stereocenters. The molecule has 1 N–H and O–H groups in total. The van der Waals surface area contributed by atoms with Crippen molar-refractivity contribution in [3.63, 3.8) is 0 Å². The van der Waals surface area contributed by atoms with Crippen LogP contribution in [0, 0.1) is 0 Å². The third-order valence-electron chi connectivity index (χ3n) is 4.69. The highest BCUT2D eigenvalue weighted by Crippen LogP contribution is 2.25. The smallest absolute Gasteiger partial charge is 0.252 e. The highest BCUT2D eigenvalue weighted by molar-refractivity contribution is 8.00. The molecule has 5 nitrogen and oxygen atoms in total. The zero-order chi connectivity index (χ0) is 18.4. The number of nitrogens with one attached hydrogen (secondary N) is 1. The molecule has 1 aliphatic carbocycles. The van der Waals surface area contributed by atoms with Gasteiger partial charge < -0.3 is 15.1 Å². The number of carbonyl (C=O) groups excluding carboxylic acids is 2. The van der Waals surface area contributed by atoms with E-state index in [2.05, 4.69) is 24.3 Å². The van der Waals surface area contributed by atoms with Crippen molar-refractivity contribution in [1.29, 1.82) is 0 Å². The van der Waals surface area contributed by atoms with Gasteiger partial charge in [0.15, 0.2) is 0 Å². The Morgan fingerprint density at radius 3 is 2.56 bits per heavy atom. The van der Waals surface area contributed by atoms with Gasteiger partial charge in [-0.15, -0.1) is 11.8 Å². The lowest BCUT2D eigenvalue weighted by molar-refractivity contribution is -0.125. The molecular weight excluding hydrogens is 334 g/mol. The van der Waals surface area contributed by atoms with E-state index in [0.29, 0.717) is 17.4 Å². The van der Waals surface area contributed by atoms with Crippen LogP contribution in [-0.4, -0.2) is 67.6 Å². The molecule has 2 amide bonds. The molecule has 0 aliphatic heterocycles. The summed E-state index contributed by atoms with van der Waals surface area (Å²) in [6, 6.07) is 8.27. The number of amides is 2. The number of hydrogen-bond acceptors (Lipinski definition) is 4. The highest BCUT2D eigenvalue weighted by atomic mass is 32.2. The standard InChI is InChI=1S/C19H29N3O2S/c1-21(2)15-9-7-8-14(12-15)20-19(24)16-10-5-6-11-17(16)25-13-18(23)22(3)4/h5-6,10-11,14-15H,7-9,12-13H2,1-4H3,(H,20,24)/t14-,15+/m0/s1. The average Bonchev–Trinajstić information content (AvgIpc) is 2.59. The van der Waals surface area contributed by atoms with Gasteiger partial charge in [-0.05, 0) is 51.9 Å². The number of hydrogen-bond donors (Lipinski definition) is 1. The molecule has 6 heteroatoms. The van der Waals surface area contributed by atoms with Gasteiger partial charge in [0.2, 0.25) is 5.91 Å². The van der Waals surface area contributed by atoms with Gasteiger partial charge in [-0.25, -0.2) is 0 Å². The van der Waals surface area contributed by atoms with Gasteiger partial charge in [0.1, 0.15) is 0 Å². The van der Waals surface area contributed by atoms with E-state index in [1.54, 1.807) is 19.0 Å². The minimum absolute atomic E-state index is 0.0372. The van der Waals surface area contributed by atoms with Crippen molar-refractivity contribution in [2.45, 2.75) is 42.7 Å². The molecule has 0 bridgehead atoms. The van der Waals surface area contributed by atoms with Crippen LogP contribution in [-0.2, 0) is 4.79 Å². The minimum atomic E-state index is -0.0372. The van der Waals surface area contributed by atoms with Gasteiger partial charge in [-0.3, -0.25) is 9.59 Å². The quantitative estimate of drug-likeness (QED) is 0.789. The van der Waals surface area contributed by atoms with Gasteiger partial charge in [0, 0.05) is 31.1 Å². The molecular formula is C19H29N3O2S. The summed E-state index contributed by atoms with van der Waals surface area (Å²) in [5, 5.41) is 3.20. The van der Waals surface area contributed by atoms with E-state index in [-0.39, 0.29) is 17.9 Å². The van der Waals surface area contributed by atoms with Crippen LogP contribution >= 0.6 is 11.8 Å². The molecule has 0 unspecified atom stereocenters. The third-order valence-corrected chi connectivity index (χ3v) is 5.75. The first-order valence-electron chi connectivity index (χ1n) is 8.77. The molecule has 0 aromatic heterocycles. The Morgan fingerprint density at radius 1 is 1.16 bits per heavy atom. The zero-order valence-corrected chi connectivity index (χ0v) is 16.4.